The molecule has 0 fully saturated rings. The van der Waals surface area contributed by atoms with Crippen LogP contribution in [0.1, 0.15) is 34.1 Å². The Morgan fingerprint density at radius 1 is 0.889 bits per heavy atom. The SMILES string of the molecule is CCCSP(=O)(CP(=O)(OCC)OCC)OCC. The molecule has 0 radical (unpaired) electrons. The van der Waals surface area contributed by atoms with E-state index in [1.54, 1.807) is 20.8 Å². The van der Waals surface area contributed by atoms with Gasteiger partial charge in [-0.3, -0.25) is 9.13 Å². The topological polar surface area (TPSA) is 61.8 Å². The van der Waals surface area contributed by atoms with Gasteiger partial charge >= 0.3 is 7.60 Å². The molecule has 0 amide bonds. The fourth-order valence-corrected chi connectivity index (χ4v) is 9.99. The maximum Gasteiger partial charge on any atom is 0.341 e. The van der Waals surface area contributed by atoms with Crippen molar-refractivity contribution in [3.63, 3.8) is 0 Å². The summed E-state index contributed by atoms with van der Waals surface area (Å²) < 4.78 is 40.5. The third kappa shape index (κ3) is 7.32. The fourth-order valence-electron chi connectivity index (χ4n) is 1.27. The molecule has 110 valence electrons. The minimum atomic E-state index is -3.32. The number of hydrogen-bond acceptors (Lipinski definition) is 6. The largest absolute Gasteiger partial charge is 0.341 e. The highest BCUT2D eigenvalue weighted by molar-refractivity contribution is 8.57. The standard InChI is InChI=1S/C10H24O5P2S/c1-5-9-18-17(12,15-8-4)10-16(11,13-6-2)14-7-3/h5-10H2,1-4H3. The molecule has 1 unspecified atom stereocenters. The molecule has 18 heavy (non-hydrogen) atoms. The second-order valence-electron chi connectivity index (χ2n) is 3.45. The predicted molar refractivity (Wildman–Crippen MR) is 77.7 cm³/mol. The second kappa shape index (κ2) is 9.57. The van der Waals surface area contributed by atoms with Crippen molar-refractivity contribution in [1.29, 1.82) is 0 Å². The maximum atomic E-state index is 12.5. The maximum absolute atomic E-state index is 12.5. The molecule has 0 heterocycles. The van der Waals surface area contributed by atoms with Crippen LogP contribution in [0.2, 0.25) is 0 Å². The normalized spacial score (nSPS) is 15.6. The summed E-state index contributed by atoms with van der Waals surface area (Å²) >= 11 is 1.23. The van der Waals surface area contributed by atoms with Crippen molar-refractivity contribution in [3.8, 4) is 0 Å². The average Bonchev–Trinajstić information content (AvgIpc) is 2.27. The summed E-state index contributed by atoms with van der Waals surface area (Å²) in [5, 5.41) is 0. The van der Waals surface area contributed by atoms with E-state index < -0.39 is 14.2 Å². The molecule has 0 spiro atoms. The average molecular weight is 318 g/mol. The molecule has 0 aliphatic heterocycles. The van der Waals surface area contributed by atoms with E-state index >= 15 is 0 Å². The van der Waals surface area contributed by atoms with E-state index in [9.17, 15) is 9.13 Å². The smallest absolute Gasteiger partial charge is 0.321 e. The molecule has 8 heteroatoms. The summed E-state index contributed by atoms with van der Waals surface area (Å²) in [6.07, 6.45) is 0.884. The highest BCUT2D eigenvalue weighted by atomic mass is 32.7. The molecule has 1 atom stereocenters. The molecule has 0 N–H and O–H groups in total. The molecule has 0 aromatic rings. The summed E-state index contributed by atoms with van der Waals surface area (Å²) in [5.41, 5.74) is 0. The molecule has 0 aromatic carbocycles. The quantitative estimate of drug-likeness (QED) is 0.519. The number of rotatable bonds is 11. The van der Waals surface area contributed by atoms with Gasteiger partial charge in [-0.15, -0.1) is 0 Å². The molecule has 0 saturated heterocycles. The van der Waals surface area contributed by atoms with Crippen LogP contribution in [0.15, 0.2) is 0 Å². The van der Waals surface area contributed by atoms with E-state index in [1.165, 1.54) is 11.4 Å². The van der Waals surface area contributed by atoms with Gasteiger partial charge in [0, 0.05) is 5.75 Å². The molecule has 0 aromatic heterocycles. The lowest BCUT2D eigenvalue weighted by atomic mass is 10.6. The Labute approximate surface area is 114 Å². The van der Waals surface area contributed by atoms with Crippen LogP contribution in [-0.2, 0) is 22.7 Å². The van der Waals surface area contributed by atoms with Gasteiger partial charge in [-0.05, 0) is 27.2 Å². The zero-order chi connectivity index (χ0) is 14.1. The Hall–Kier alpha value is 0.690. The van der Waals surface area contributed by atoms with Crippen molar-refractivity contribution in [1.82, 2.24) is 0 Å². The van der Waals surface area contributed by atoms with Crippen molar-refractivity contribution in [2.75, 3.05) is 31.5 Å². The van der Waals surface area contributed by atoms with Crippen LogP contribution in [0.4, 0.5) is 0 Å². The van der Waals surface area contributed by atoms with Crippen LogP contribution < -0.4 is 0 Å². The minimum absolute atomic E-state index is 0.153. The van der Waals surface area contributed by atoms with Crippen molar-refractivity contribution in [2.24, 2.45) is 0 Å². The Morgan fingerprint density at radius 3 is 1.78 bits per heavy atom. The summed E-state index contributed by atoms with van der Waals surface area (Å²) in [4.78, 5) is 0. The van der Waals surface area contributed by atoms with Crippen molar-refractivity contribution >= 4 is 25.5 Å². The second-order valence-corrected chi connectivity index (χ2v) is 10.9. The summed E-state index contributed by atoms with van der Waals surface area (Å²) in [6.45, 7) is 5.07. The lowest BCUT2D eigenvalue weighted by Crippen LogP contribution is -2.02. The lowest BCUT2D eigenvalue weighted by Gasteiger charge is -2.22. The molecular formula is C10H24O5P2S. The van der Waals surface area contributed by atoms with Gasteiger partial charge in [0.15, 0.2) is 0 Å². The Bertz CT molecular complexity index is 301. The van der Waals surface area contributed by atoms with E-state index in [4.69, 9.17) is 13.6 Å². The molecule has 5 nitrogen and oxygen atoms in total. The Balaban J connectivity index is 4.79. The van der Waals surface area contributed by atoms with Crippen LogP contribution >= 0.6 is 25.5 Å². The first kappa shape index (κ1) is 18.7. The molecule has 0 bridgehead atoms. The zero-order valence-electron chi connectivity index (χ0n) is 11.6. The van der Waals surface area contributed by atoms with Gasteiger partial charge in [-0.25, -0.2) is 0 Å². The first-order chi connectivity index (χ1) is 8.45. The summed E-state index contributed by atoms with van der Waals surface area (Å²) in [7, 11) is -3.32. The van der Waals surface area contributed by atoms with Gasteiger partial charge in [0.2, 0.25) is 0 Å². The van der Waals surface area contributed by atoms with Crippen LogP contribution in [-0.4, -0.2) is 31.5 Å². The van der Waals surface area contributed by atoms with Crippen molar-refractivity contribution in [2.45, 2.75) is 34.1 Å². The first-order valence-corrected chi connectivity index (χ1v) is 11.3. The monoisotopic (exact) mass is 318 g/mol. The highest BCUT2D eigenvalue weighted by Crippen LogP contribution is 2.69. The summed E-state index contributed by atoms with van der Waals surface area (Å²) in [5.74, 6) is 0.551. The van der Waals surface area contributed by atoms with Gasteiger partial charge in [0.25, 0.3) is 6.57 Å². The Morgan fingerprint density at radius 2 is 1.39 bits per heavy atom. The van der Waals surface area contributed by atoms with Gasteiger partial charge in [0.05, 0.1) is 19.8 Å². The number of hydrogen-bond donors (Lipinski definition) is 0. The minimum Gasteiger partial charge on any atom is -0.321 e. The highest BCUT2D eigenvalue weighted by Gasteiger charge is 2.37. The van der Waals surface area contributed by atoms with E-state index in [2.05, 4.69) is 0 Å². The van der Waals surface area contributed by atoms with Gasteiger partial charge < -0.3 is 13.6 Å². The third-order valence-electron chi connectivity index (χ3n) is 1.82. The third-order valence-corrected chi connectivity index (χ3v) is 10.6. The van der Waals surface area contributed by atoms with Crippen LogP contribution in [0.3, 0.4) is 0 Å². The van der Waals surface area contributed by atoms with Crippen LogP contribution in [0.5, 0.6) is 0 Å². The van der Waals surface area contributed by atoms with E-state index in [-0.39, 0.29) is 19.1 Å². The molecule has 0 aliphatic carbocycles. The van der Waals surface area contributed by atoms with E-state index in [0.717, 1.165) is 6.42 Å². The van der Waals surface area contributed by atoms with E-state index in [1.807, 2.05) is 6.92 Å². The molecule has 0 aliphatic rings. The fraction of sp³-hybridized carbons (Fsp3) is 1.00. The van der Waals surface area contributed by atoms with E-state index in [0.29, 0.717) is 12.4 Å². The van der Waals surface area contributed by atoms with Gasteiger partial charge in [-0.1, -0.05) is 18.3 Å². The Kier molecular flexibility index (Phi) is 9.94. The van der Waals surface area contributed by atoms with Crippen molar-refractivity contribution in [3.05, 3.63) is 0 Å². The van der Waals surface area contributed by atoms with Gasteiger partial charge in [0.1, 0.15) is 5.90 Å². The first-order valence-electron chi connectivity index (χ1n) is 6.21. The van der Waals surface area contributed by atoms with Gasteiger partial charge in [-0.2, -0.15) is 0 Å². The molecule has 0 saturated carbocycles. The lowest BCUT2D eigenvalue weighted by molar-refractivity contribution is 0.222. The van der Waals surface area contributed by atoms with Crippen LogP contribution in [0, 0.1) is 0 Å². The predicted octanol–water partition coefficient (Wildman–Crippen LogP) is 4.58. The van der Waals surface area contributed by atoms with Crippen LogP contribution in [0.25, 0.3) is 0 Å². The van der Waals surface area contributed by atoms with Crippen molar-refractivity contribution < 1.29 is 22.7 Å². The summed E-state index contributed by atoms with van der Waals surface area (Å²) in [6, 6.07) is 0. The molecular weight excluding hydrogens is 294 g/mol. The molecule has 0 rings (SSSR count). The zero-order valence-corrected chi connectivity index (χ0v) is 14.2.